The standard InChI is InChI=1S/C22H27N3O2S/c1-5-27-18-11-9-17(10-12-18)15-20(26)25(14-13-24(3)4)22-23-21-16(2)7-6-8-19(21)28-22/h6-12H,5,13-15H2,1-4H3/p+1. The van der Waals surface area contributed by atoms with E-state index < -0.39 is 0 Å². The van der Waals surface area contributed by atoms with E-state index in [0.29, 0.717) is 19.6 Å². The Labute approximate surface area is 170 Å². The number of nitrogens with zero attached hydrogens (tertiary/aromatic N) is 2. The van der Waals surface area contributed by atoms with Gasteiger partial charge in [-0.3, -0.25) is 9.69 Å². The number of hydrogen-bond acceptors (Lipinski definition) is 4. The predicted octanol–water partition coefficient (Wildman–Crippen LogP) is 2.72. The van der Waals surface area contributed by atoms with Gasteiger partial charge in [0, 0.05) is 0 Å². The predicted molar refractivity (Wildman–Crippen MR) is 116 cm³/mol. The quantitative estimate of drug-likeness (QED) is 0.635. The molecule has 3 rings (SSSR count). The second kappa shape index (κ2) is 9.17. The van der Waals surface area contributed by atoms with Crippen molar-refractivity contribution >= 4 is 32.6 Å². The Morgan fingerprint density at radius 2 is 1.93 bits per heavy atom. The zero-order chi connectivity index (χ0) is 20.1. The highest BCUT2D eigenvalue weighted by atomic mass is 32.1. The molecule has 1 N–H and O–H groups in total. The van der Waals surface area contributed by atoms with Crippen molar-refractivity contribution in [2.24, 2.45) is 0 Å². The second-order valence-corrected chi connectivity index (χ2v) is 8.18. The van der Waals surface area contributed by atoms with E-state index in [1.165, 1.54) is 4.90 Å². The van der Waals surface area contributed by atoms with E-state index in [0.717, 1.165) is 38.8 Å². The van der Waals surface area contributed by atoms with Crippen LogP contribution < -0.4 is 14.5 Å². The number of para-hydroxylation sites is 1. The summed E-state index contributed by atoms with van der Waals surface area (Å²) < 4.78 is 6.60. The van der Waals surface area contributed by atoms with Gasteiger partial charge >= 0.3 is 0 Å². The van der Waals surface area contributed by atoms with Crippen LogP contribution in [-0.2, 0) is 11.2 Å². The Morgan fingerprint density at radius 1 is 1.18 bits per heavy atom. The van der Waals surface area contributed by atoms with Crippen LogP contribution in [0.1, 0.15) is 18.1 Å². The van der Waals surface area contributed by atoms with E-state index in [-0.39, 0.29) is 5.91 Å². The van der Waals surface area contributed by atoms with Crippen LogP contribution in [0.3, 0.4) is 0 Å². The zero-order valence-electron chi connectivity index (χ0n) is 17.0. The Kier molecular flexibility index (Phi) is 6.65. The fraction of sp³-hybridized carbons (Fsp3) is 0.364. The number of nitrogens with one attached hydrogen (secondary N) is 1. The number of anilines is 1. The monoisotopic (exact) mass is 398 g/mol. The van der Waals surface area contributed by atoms with Crippen LogP contribution in [0.15, 0.2) is 42.5 Å². The van der Waals surface area contributed by atoms with Crippen LogP contribution in [-0.4, -0.2) is 44.7 Å². The number of thiazole rings is 1. The van der Waals surface area contributed by atoms with Gasteiger partial charge in [-0.05, 0) is 43.2 Å². The number of aryl methyl sites for hydroxylation is 1. The number of aromatic nitrogens is 1. The lowest BCUT2D eigenvalue weighted by molar-refractivity contribution is -0.856. The van der Waals surface area contributed by atoms with E-state index in [4.69, 9.17) is 9.72 Å². The number of carbonyl (C=O) groups is 1. The van der Waals surface area contributed by atoms with E-state index in [1.54, 1.807) is 11.3 Å². The highest BCUT2D eigenvalue weighted by molar-refractivity contribution is 7.22. The van der Waals surface area contributed by atoms with Gasteiger partial charge in [0.15, 0.2) is 5.13 Å². The average molecular weight is 399 g/mol. The number of hydrogen-bond donors (Lipinski definition) is 1. The Balaban J connectivity index is 1.83. The summed E-state index contributed by atoms with van der Waals surface area (Å²) in [6.07, 6.45) is 0.351. The maximum Gasteiger partial charge on any atom is 0.233 e. The van der Waals surface area contributed by atoms with Gasteiger partial charge in [0.05, 0.1) is 50.4 Å². The first-order chi connectivity index (χ1) is 13.5. The molecule has 2 aromatic carbocycles. The van der Waals surface area contributed by atoms with Gasteiger partial charge in [0.25, 0.3) is 0 Å². The number of amides is 1. The largest absolute Gasteiger partial charge is 0.494 e. The summed E-state index contributed by atoms with van der Waals surface area (Å²) in [5.41, 5.74) is 3.10. The number of benzene rings is 2. The fourth-order valence-electron chi connectivity index (χ4n) is 2.99. The number of fused-ring (bicyclic) bond motifs is 1. The molecule has 0 aliphatic heterocycles. The third kappa shape index (κ3) is 4.88. The lowest BCUT2D eigenvalue weighted by atomic mass is 10.1. The molecule has 148 valence electrons. The van der Waals surface area contributed by atoms with E-state index in [9.17, 15) is 4.79 Å². The minimum Gasteiger partial charge on any atom is -0.494 e. The number of rotatable bonds is 8. The van der Waals surface area contributed by atoms with Crippen molar-refractivity contribution in [1.82, 2.24) is 4.98 Å². The van der Waals surface area contributed by atoms with Crippen LogP contribution in [0.25, 0.3) is 10.2 Å². The number of ether oxygens (including phenoxy) is 1. The van der Waals surface area contributed by atoms with Gasteiger partial charge in [-0.1, -0.05) is 35.6 Å². The van der Waals surface area contributed by atoms with Crippen molar-refractivity contribution in [2.75, 3.05) is 38.7 Å². The van der Waals surface area contributed by atoms with Gasteiger partial charge in [0.2, 0.25) is 5.91 Å². The third-order valence-corrected chi connectivity index (χ3v) is 5.61. The van der Waals surface area contributed by atoms with Crippen LogP contribution in [0.5, 0.6) is 5.75 Å². The Bertz CT molecular complexity index is 935. The molecule has 0 bridgehead atoms. The summed E-state index contributed by atoms with van der Waals surface area (Å²) >= 11 is 1.58. The lowest BCUT2D eigenvalue weighted by Crippen LogP contribution is -3.06. The molecule has 0 fully saturated rings. The molecule has 0 radical (unpaired) electrons. The molecular weight excluding hydrogens is 370 g/mol. The number of likely N-dealkylation sites (N-methyl/N-ethyl adjacent to an activating group) is 1. The Morgan fingerprint density at radius 3 is 2.57 bits per heavy atom. The van der Waals surface area contributed by atoms with Gasteiger partial charge < -0.3 is 9.64 Å². The van der Waals surface area contributed by atoms with Crippen molar-refractivity contribution in [3.63, 3.8) is 0 Å². The normalized spacial score (nSPS) is 11.2. The number of carbonyl (C=O) groups excluding carboxylic acids is 1. The second-order valence-electron chi connectivity index (χ2n) is 7.17. The molecule has 0 aliphatic carbocycles. The molecular formula is C22H28N3O2S+. The summed E-state index contributed by atoms with van der Waals surface area (Å²) in [5.74, 6) is 0.899. The molecule has 0 spiro atoms. The number of quaternary nitrogens is 1. The van der Waals surface area contributed by atoms with Crippen molar-refractivity contribution in [2.45, 2.75) is 20.3 Å². The molecule has 0 saturated heterocycles. The molecule has 0 saturated carbocycles. The molecule has 6 heteroatoms. The van der Waals surface area contributed by atoms with Crippen molar-refractivity contribution in [3.05, 3.63) is 53.6 Å². The smallest absolute Gasteiger partial charge is 0.233 e. The summed E-state index contributed by atoms with van der Waals surface area (Å²) in [4.78, 5) is 21.1. The first kappa shape index (κ1) is 20.3. The van der Waals surface area contributed by atoms with Crippen molar-refractivity contribution < 1.29 is 14.4 Å². The summed E-state index contributed by atoms with van der Waals surface area (Å²) in [6.45, 7) is 6.17. The van der Waals surface area contributed by atoms with E-state index >= 15 is 0 Å². The molecule has 0 atom stereocenters. The molecule has 1 amide bonds. The van der Waals surface area contributed by atoms with Crippen LogP contribution in [0, 0.1) is 6.92 Å². The third-order valence-electron chi connectivity index (χ3n) is 4.57. The average Bonchev–Trinajstić information content (AvgIpc) is 3.09. The molecule has 3 aromatic rings. The Hall–Kier alpha value is -2.44. The summed E-state index contributed by atoms with van der Waals surface area (Å²) in [5, 5.41) is 0.779. The molecule has 0 aliphatic rings. The van der Waals surface area contributed by atoms with Gasteiger partial charge in [0.1, 0.15) is 5.75 Å². The van der Waals surface area contributed by atoms with Crippen molar-refractivity contribution in [1.29, 1.82) is 0 Å². The van der Waals surface area contributed by atoms with Crippen molar-refractivity contribution in [3.8, 4) is 5.75 Å². The fourth-order valence-corrected chi connectivity index (χ4v) is 4.08. The van der Waals surface area contributed by atoms with Crippen LogP contribution in [0.2, 0.25) is 0 Å². The minimum atomic E-state index is 0.0714. The van der Waals surface area contributed by atoms with Crippen LogP contribution in [0.4, 0.5) is 5.13 Å². The first-order valence-electron chi connectivity index (χ1n) is 9.65. The summed E-state index contributed by atoms with van der Waals surface area (Å²) in [6, 6.07) is 13.9. The van der Waals surface area contributed by atoms with E-state index in [2.05, 4.69) is 33.2 Å². The summed E-state index contributed by atoms with van der Waals surface area (Å²) in [7, 11) is 4.19. The molecule has 1 heterocycles. The highest BCUT2D eigenvalue weighted by Crippen LogP contribution is 2.30. The van der Waals surface area contributed by atoms with Gasteiger partial charge in [-0.15, -0.1) is 0 Å². The molecule has 1 aromatic heterocycles. The molecule has 0 unspecified atom stereocenters. The van der Waals surface area contributed by atoms with Gasteiger partial charge in [-0.2, -0.15) is 0 Å². The zero-order valence-corrected chi connectivity index (χ0v) is 17.8. The molecule has 28 heavy (non-hydrogen) atoms. The lowest BCUT2D eigenvalue weighted by Gasteiger charge is -2.20. The maximum absolute atomic E-state index is 13.2. The van der Waals surface area contributed by atoms with E-state index in [1.807, 2.05) is 42.2 Å². The molecule has 5 nitrogen and oxygen atoms in total. The first-order valence-corrected chi connectivity index (χ1v) is 10.5. The van der Waals surface area contributed by atoms with Crippen LogP contribution >= 0.6 is 11.3 Å². The topological polar surface area (TPSA) is 46.9 Å². The SMILES string of the molecule is CCOc1ccc(CC(=O)N(CC[NH+](C)C)c2nc3c(C)cccc3s2)cc1. The minimum absolute atomic E-state index is 0.0714. The van der Waals surface area contributed by atoms with Gasteiger partial charge in [-0.25, -0.2) is 4.98 Å². The highest BCUT2D eigenvalue weighted by Gasteiger charge is 2.21. The maximum atomic E-state index is 13.2.